The van der Waals surface area contributed by atoms with Crippen LogP contribution >= 0.6 is 0 Å². The van der Waals surface area contributed by atoms with E-state index >= 15 is 0 Å². The molecule has 0 radical (unpaired) electrons. The summed E-state index contributed by atoms with van der Waals surface area (Å²) in [5.41, 5.74) is 3.06. The van der Waals surface area contributed by atoms with Gasteiger partial charge in [0.25, 0.3) is 5.91 Å². The van der Waals surface area contributed by atoms with Crippen LogP contribution in [0.15, 0.2) is 88.1 Å². The minimum atomic E-state index is -0.540. The second-order valence-corrected chi connectivity index (χ2v) is 6.63. The molecule has 0 saturated carbocycles. The van der Waals surface area contributed by atoms with E-state index in [0.29, 0.717) is 17.8 Å². The van der Waals surface area contributed by atoms with Crippen molar-refractivity contribution in [3.63, 3.8) is 0 Å². The highest BCUT2D eigenvalue weighted by atomic mass is 16.3. The van der Waals surface area contributed by atoms with Crippen molar-refractivity contribution in [2.24, 2.45) is 15.2 Å². The van der Waals surface area contributed by atoms with Crippen molar-refractivity contribution in [3.05, 3.63) is 89.7 Å². The highest BCUT2D eigenvalue weighted by Crippen LogP contribution is 2.39. The Morgan fingerprint density at radius 3 is 2.57 bits per heavy atom. The van der Waals surface area contributed by atoms with E-state index in [0.717, 1.165) is 16.5 Å². The van der Waals surface area contributed by atoms with Gasteiger partial charge in [0, 0.05) is 24.8 Å². The normalized spacial score (nSPS) is 11.6. The van der Waals surface area contributed by atoms with Gasteiger partial charge in [0.2, 0.25) is 5.88 Å². The van der Waals surface area contributed by atoms with Crippen LogP contribution in [0.4, 0.5) is 5.69 Å². The van der Waals surface area contributed by atoms with E-state index in [1.54, 1.807) is 30.0 Å². The monoisotopic (exact) mass is 397 g/mol. The number of aromatic hydroxyl groups is 1. The van der Waals surface area contributed by atoms with Crippen LogP contribution in [-0.2, 0) is 6.54 Å². The predicted octanol–water partition coefficient (Wildman–Crippen LogP) is 4.76. The molecule has 0 fully saturated rings. The van der Waals surface area contributed by atoms with Gasteiger partial charge < -0.3 is 9.67 Å². The van der Waals surface area contributed by atoms with Crippen LogP contribution in [0.3, 0.4) is 0 Å². The second kappa shape index (κ2) is 8.48. The van der Waals surface area contributed by atoms with E-state index in [1.807, 2.05) is 54.6 Å². The first-order valence-corrected chi connectivity index (χ1v) is 9.36. The van der Waals surface area contributed by atoms with Crippen molar-refractivity contribution in [1.29, 1.82) is 0 Å². The predicted molar refractivity (Wildman–Crippen MR) is 116 cm³/mol. The van der Waals surface area contributed by atoms with Gasteiger partial charge in [-0.3, -0.25) is 14.8 Å². The summed E-state index contributed by atoms with van der Waals surface area (Å²) in [6.45, 7) is 0.473. The Hall–Kier alpha value is -4.13. The van der Waals surface area contributed by atoms with Crippen molar-refractivity contribution >= 4 is 28.7 Å². The molecule has 4 rings (SSSR count). The molecule has 0 aliphatic rings. The van der Waals surface area contributed by atoms with Crippen molar-refractivity contribution < 1.29 is 9.90 Å². The quantitative estimate of drug-likeness (QED) is 0.389. The number of hydrogen-bond acceptors (Lipinski definition) is 5. The average molecular weight is 397 g/mol. The van der Waals surface area contributed by atoms with Gasteiger partial charge >= 0.3 is 0 Å². The molecule has 2 aromatic heterocycles. The van der Waals surface area contributed by atoms with Crippen LogP contribution in [0.2, 0.25) is 0 Å². The second-order valence-electron chi connectivity index (χ2n) is 6.63. The number of fused-ring (bicyclic) bond motifs is 1. The number of rotatable bonds is 5. The summed E-state index contributed by atoms with van der Waals surface area (Å²) in [6, 6.07) is 20.6. The molecule has 1 N–H and O–H groups in total. The number of para-hydroxylation sites is 1. The van der Waals surface area contributed by atoms with Gasteiger partial charge in [0.05, 0.1) is 23.3 Å². The zero-order valence-electron chi connectivity index (χ0n) is 16.3. The number of carbonyl (C=O) groups is 1. The molecule has 30 heavy (non-hydrogen) atoms. The minimum Gasteiger partial charge on any atom is -0.493 e. The van der Waals surface area contributed by atoms with Crippen molar-refractivity contribution in [2.75, 3.05) is 7.05 Å². The van der Waals surface area contributed by atoms with E-state index < -0.39 is 5.91 Å². The molecular formula is C23H19N5O2. The molecule has 0 bridgehead atoms. The lowest BCUT2D eigenvalue weighted by Crippen LogP contribution is -1.98. The summed E-state index contributed by atoms with van der Waals surface area (Å²) < 4.78 is 1.75. The number of aromatic nitrogens is 2. The molecule has 148 valence electrons. The van der Waals surface area contributed by atoms with Crippen LogP contribution in [0.25, 0.3) is 10.9 Å². The molecule has 0 aliphatic heterocycles. The summed E-state index contributed by atoms with van der Waals surface area (Å²) in [6.07, 6.45) is 3.02. The Kier molecular flexibility index (Phi) is 5.43. The molecule has 0 aliphatic carbocycles. The van der Waals surface area contributed by atoms with Crippen LogP contribution in [0.1, 0.15) is 21.6 Å². The summed E-state index contributed by atoms with van der Waals surface area (Å²) in [4.78, 5) is 20.4. The minimum absolute atomic E-state index is 0.0377. The highest BCUT2D eigenvalue weighted by molar-refractivity contribution is 5.97. The standard InChI is InChI=1S/C23H19N5O2/c1-24-14-18-12-11-17(13-25-18)22(29)27-26-21-19-9-5-6-10-20(19)28(23(21)30)15-16-7-3-2-4-8-16/h2-14,30H,15H2,1H3. The molecule has 0 unspecified atom stereocenters. The molecule has 2 aromatic carbocycles. The lowest BCUT2D eigenvalue weighted by atomic mass is 10.2. The summed E-state index contributed by atoms with van der Waals surface area (Å²) in [7, 11) is 1.65. The van der Waals surface area contributed by atoms with E-state index in [2.05, 4.69) is 20.2 Å². The Morgan fingerprint density at radius 1 is 1.07 bits per heavy atom. The maximum Gasteiger partial charge on any atom is 0.296 e. The van der Waals surface area contributed by atoms with E-state index in [-0.39, 0.29) is 11.6 Å². The van der Waals surface area contributed by atoms with Crippen LogP contribution in [0.5, 0.6) is 5.88 Å². The van der Waals surface area contributed by atoms with Crippen LogP contribution < -0.4 is 0 Å². The zero-order chi connectivity index (χ0) is 20.9. The first-order chi connectivity index (χ1) is 14.7. The van der Waals surface area contributed by atoms with Crippen molar-refractivity contribution in [2.45, 2.75) is 6.54 Å². The smallest absolute Gasteiger partial charge is 0.296 e. The number of pyridine rings is 1. The van der Waals surface area contributed by atoms with E-state index in [4.69, 9.17) is 0 Å². The van der Waals surface area contributed by atoms with Gasteiger partial charge in [-0.25, -0.2) is 0 Å². The first kappa shape index (κ1) is 19.2. The topological polar surface area (TPSA) is 92.2 Å². The van der Waals surface area contributed by atoms with Gasteiger partial charge in [-0.05, 0) is 23.8 Å². The largest absolute Gasteiger partial charge is 0.493 e. The fourth-order valence-corrected chi connectivity index (χ4v) is 3.19. The molecule has 0 atom stereocenters. The number of nitrogens with zero attached hydrogens (tertiary/aromatic N) is 5. The molecule has 1 amide bonds. The molecule has 0 spiro atoms. The van der Waals surface area contributed by atoms with Gasteiger partial charge in [0.15, 0.2) is 5.69 Å². The molecule has 4 aromatic rings. The van der Waals surface area contributed by atoms with Crippen LogP contribution in [0, 0.1) is 0 Å². The third-order valence-electron chi connectivity index (χ3n) is 4.64. The van der Waals surface area contributed by atoms with Gasteiger partial charge in [0.1, 0.15) is 0 Å². The maximum atomic E-state index is 12.4. The average Bonchev–Trinajstić information content (AvgIpc) is 3.04. The lowest BCUT2D eigenvalue weighted by molar-refractivity contribution is 0.0994. The highest BCUT2D eigenvalue weighted by Gasteiger charge is 2.17. The zero-order valence-corrected chi connectivity index (χ0v) is 16.3. The van der Waals surface area contributed by atoms with Crippen molar-refractivity contribution in [1.82, 2.24) is 9.55 Å². The number of benzene rings is 2. The summed E-state index contributed by atoms with van der Waals surface area (Å²) >= 11 is 0. The number of amides is 1. The molecular weight excluding hydrogens is 378 g/mol. The number of carbonyl (C=O) groups excluding carboxylic acids is 1. The summed E-state index contributed by atoms with van der Waals surface area (Å²) in [5.74, 6) is -0.578. The number of aliphatic imine (C=N–C) groups is 1. The third kappa shape index (κ3) is 3.86. The first-order valence-electron chi connectivity index (χ1n) is 9.36. The fourth-order valence-electron chi connectivity index (χ4n) is 3.19. The maximum absolute atomic E-state index is 12.4. The third-order valence-corrected chi connectivity index (χ3v) is 4.64. The SMILES string of the molecule is CN=Cc1ccc(C(=O)N=Nc2c(O)n(Cc3ccccc3)c3ccccc23)cn1. The van der Waals surface area contributed by atoms with Gasteiger partial charge in [-0.2, -0.15) is 0 Å². The molecule has 0 saturated heterocycles. The fraction of sp³-hybridized carbons (Fsp3) is 0.0870. The van der Waals surface area contributed by atoms with Gasteiger partial charge in [-0.1, -0.05) is 48.5 Å². The Labute approximate surface area is 173 Å². The Bertz CT molecular complexity index is 1240. The van der Waals surface area contributed by atoms with E-state index in [9.17, 15) is 9.90 Å². The molecule has 7 heteroatoms. The summed E-state index contributed by atoms with van der Waals surface area (Å²) in [5, 5.41) is 19.4. The van der Waals surface area contributed by atoms with Crippen molar-refractivity contribution in [3.8, 4) is 5.88 Å². The number of hydrogen-bond donors (Lipinski definition) is 1. The van der Waals surface area contributed by atoms with Crippen LogP contribution in [-0.4, -0.2) is 33.8 Å². The van der Waals surface area contributed by atoms with E-state index in [1.165, 1.54) is 6.20 Å². The lowest BCUT2D eigenvalue weighted by Gasteiger charge is -2.06. The Balaban J connectivity index is 1.67. The molecule has 7 nitrogen and oxygen atoms in total. The Morgan fingerprint density at radius 2 is 1.83 bits per heavy atom. The van der Waals surface area contributed by atoms with Gasteiger partial charge in [-0.15, -0.1) is 10.2 Å². The molecule has 2 heterocycles. The number of azo groups is 1.